The van der Waals surface area contributed by atoms with Crippen molar-refractivity contribution in [2.45, 2.75) is 25.4 Å². The molecule has 0 bridgehead atoms. The number of aliphatic hydroxyl groups is 1. The van der Waals surface area contributed by atoms with E-state index in [1.54, 1.807) is 6.20 Å². The summed E-state index contributed by atoms with van der Waals surface area (Å²) in [5.74, 6) is 0. The summed E-state index contributed by atoms with van der Waals surface area (Å²) in [6.07, 6.45) is 3.47. The molecule has 1 aromatic carbocycles. The minimum Gasteiger partial charge on any atom is -0.387 e. The number of hydrogen-bond donors (Lipinski definition) is 1. The standard InChI is InChI=1S/C15H13BrN2O/c16-12-5-4-11(13-10(12)3-1-8-18-13)14(19)15(9-17)6-2-7-15/h1,3-5,8,14,19H,2,6-7H2. The molecule has 0 spiro atoms. The Bertz CT molecular complexity index is 673. The van der Waals surface area contributed by atoms with Crippen LogP contribution in [0.2, 0.25) is 0 Å². The lowest BCUT2D eigenvalue weighted by Gasteiger charge is -2.39. The van der Waals surface area contributed by atoms with Crippen LogP contribution < -0.4 is 0 Å². The van der Waals surface area contributed by atoms with Crippen molar-refractivity contribution >= 4 is 26.8 Å². The molecule has 1 heterocycles. The summed E-state index contributed by atoms with van der Waals surface area (Å²) < 4.78 is 0.950. The van der Waals surface area contributed by atoms with Gasteiger partial charge in [0.1, 0.15) is 0 Å². The van der Waals surface area contributed by atoms with E-state index in [-0.39, 0.29) is 0 Å². The van der Waals surface area contributed by atoms with Crippen LogP contribution in [0.1, 0.15) is 30.9 Å². The average Bonchev–Trinajstić information content (AvgIpc) is 2.39. The zero-order chi connectivity index (χ0) is 13.5. The lowest BCUT2D eigenvalue weighted by molar-refractivity contribution is 0.00883. The molecule has 96 valence electrons. The fourth-order valence-electron chi connectivity index (χ4n) is 2.68. The van der Waals surface area contributed by atoms with E-state index in [1.807, 2.05) is 24.3 Å². The molecule has 4 heteroatoms. The molecular weight excluding hydrogens is 304 g/mol. The first-order chi connectivity index (χ1) is 9.18. The molecule has 1 N–H and O–H groups in total. The topological polar surface area (TPSA) is 56.9 Å². The summed E-state index contributed by atoms with van der Waals surface area (Å²) in [5, 5.41) is 20.9. The number of rotatable bonds is 2. The Labute approximate surface area is 120 Å². The molecule has 1 unspecified atom stereocenters. The highest BCUT2D eigenvalue weighted by Gasteiger charge is 2.45. The molecule has 0 saturated heterocycles. The Morgan fingerprint density at radius 1 is 1.37 bits per heavy atom. The number of nitrogens with zero attached hydrogens (tertiary/aromatic N) is 2. The van der Waals surface area contributed by atoms with Crippen molar-refractivity contribution in [3.63, 3.8) is 0 Å². The molecule has 1 atom stereocenters. The lowest BCUT2D eigenvalue weighted by atomic mass is 9.64. The summed E-state index contributed by atoms with van der Waals surface area (Å²) in [6.45, 7) is 0. The largest absolute Gasteiger partial charge is 0.387 e. The van der Waals surface area contributed by atoms with Gasteiger partial charge in [-0.15, -0.1) is 0 Å². The van der Waals surface area contributed by atoms with Crippen LogP contribution in [0.15, 0.2) is 34.9 Å². The first-order valence-corrected chi connectivity index (χ1v) is 7.10. The molecule has 1 aliphatic rings. The van der Waals surface area contributed by atoms with Crippen LogP contribution in [-0.4, -0.2) is 10.1 Å². The minimum atomic E-state index is -0.767. The van der Waals surface area contributed by atoms with Crippen molar-refractivity contribution in [2.75, 3.05) is 0 Å². The molecule has 1 saturated carbocycles. The van der Waals surface area contributed by atoms with E-state index in [0.717, 1.165) is 40.2 Å². The van der Waals surface area contributed by atoms with Gasteiger partial charge in [0.25, 0.3) is 0 Å². The highest BCUT2D eigenvalue weighted by Crippen LogP contribution is 2.50. The van der Waals surface area contributed by atoms with Gasteiger partial charge in [-0.25, -0.2) is 0 Å². The van der Waals surface area contributed by atoms with Crippen LogP contribution in [0.3, 0.4) is 0 Å². The Hall–Kier alpha value is -1.44. The third kappa shape index (κ3) is 1.85. The van der Waals surface area contributed by atoms with Crippen LogP contribution in [-0.2, 0) is 0 Å². The summed E-state index contributed by atoms with van der Waals surface area (Å²) in [4.78, 5) is 4.37. The number of aliphatic hydroxyl groups excluding tert-OH is 1. The number of benzene rings is 1. The number of hydrogen-bond acceptors (Lipinski definition) is 3. The molecular formula is C15H13BrN2O. The van der Waals surface area contributed by atoms with Crippen LogP contribution >= 0.6 is 15.9 Å². The van der Waals surface area contributed by atoms with Crippen molar-refractivity contribution in [3.05, 3.63) is 40.5 Å². The third-order valence-electron chi connectivity index (χ3n) is 4.03. The molecule has 19 heavy (non-hydrogen) atoms. The fraction of sp³-hybridized carbons (Fsp3) is 0.333. The highest BCUT2D eigenvalue weighted by molar-refractivity contribution is 9.10. The molecule has 0 aliphatic heterocycles. The van der Waals surface area contributed by atoms with Gasteiger partial charge in [-0.2, -0.15) is 5.26 Å². The second-order valence-corrected chi connectivity index (χ2v) is 5.91. The Morgan fingerprint density at radius 3 is 2.79 bits per heavy atom. The van der Waals surface area contributed by atoms with Crippen LogP contribution in [0.5, 0.6) is 0 Å². The maximum atomic E-state index is 10.6. The van der Waals surface area contributed by atoms with Crippen molar-refractivity contribution in [1.29, 1.82) is 5.26 Å². The minimum absolute atomic E-state index is 0.627. The summed E-state index contributed by atoms with van der Waals surface area (Å²) in [6, 6.07) is 9.90. The van der Waals surface area contributed by atoms with Gasteiger partial charge >= 0.3 is 0 Å². The van der Waals surface area contributed by atoms with E-state index in [4.69, 9.17) is 0 Å². The lowest BCUT2D eigenvalue weighted by Crippen LogP contribution is -2.34. The van der Waals surface area contributed by atoms with Crippen LogP contribution in [0.4, 0.5) is 0 Å². The Balaban J connectivity index is 2.16. The summed E-state index contributed by atoms with van der Waals surface area (Å²) in [5.41, 5.74) is 0.893. The van der Waals surface area contributed by atoms with Crippen molar-refractivity contribution in [1.82, 2.24) is 4.98 Å². The smallest absolute Gasteiger partial charge is 0.0997 e. The second-order valence-electron chi connectivity index (χ2n) is 5.06. The molecule has 1 fully saturated rings. The zero-order valence-electron chi connectivity index (χ0n) is 10.3. The molecule has 2 aromatic rings. The molecule has 1 aliphatic carbocycles. The second kappa shape index (κ2) is 4.59. The van der Waals surface area contributed by atoms with Gasteiger partial charge in [0.15, 0.2) is 0 Å². The maximum absolute atomic E-state index is 10.6. The van der Waals surface area contributed by atoms with Crippen molar-refractivity contribution in [2.24, 2.45) is 5.41 Å². The Kier molecular flexibility index (Phi) is 3.04. The summed E-state index contributed by atoms with van der Waals surface area (Å²) in [7, 11) is 0. The third-order valence-corrected chi connectivity index (χ3v) is 4.73. The van der Waals surface area contributed by atoms with Gasteiger partial charge in [-0.05, 0) is 25.0 Å². The first-order valence-electron chi connectivity index (χ1n) is 6.30. The molecule has 3 nitrogen and oxygen atoms in total. The number of pyridine rings is 1. The van der Waals surface area contributed by atoms with Gasteiger partial charge in [0.05, 0.1) is 23.1 Å². The highest BCUT2D eigenvalue weighted by atomic mass is 79.9. The van der Waals surface area contributed by atoms with E-state index >= 15 is 0 Å². The van der Waals surface area contributed by atoms with E-state index in [2.05, 4.69) is 27.0 Å². The summed E-state index contributed by atoms with van der Waals surface area (Å²) >= 11 is 3.49. The van der Waals surface area contributed by atoms with E-state index in [9.17, 15) is 10.4 Å². The number of fused-ring (bicyclic) bond motifs is 1. The van der Waals surface area contributed by atoms with Crippen LogP contribution in [0.25, 0.3) is 10.9 Å². The van der Waals surface area contributed by atoms with Crippen LogP contribution in [0, 0.1) is 16.7 Å². The van der Waals surface area contributed by atoms with Gasteiger partial charge < -0.3 is 5.11 Å². The normalized spacial score (nSPS) is 18.6. The van der Waals surface area contributed by atoms with Gasteiger partial charge in [0, 0.05) is 21.6 Å². The first kappa shape index (κ1) is 12.6. The Morgan fingerprint density at radius 2 is 2.16 bits per heavy atom. The van der Waals surface area contributed by atoms with Gasteiger partial charge in [-0.3, -0.25) is 4.98 Å². The SMILES string of the molecule is N#CC1(C(O)c2ccc(Br)c3cccnc23)CCC1. The molecule has 0 radical (unpaired) electrons. The quantitative estimate of drug-likeness (QED) is 0.918. The number of aromatic nitrogens is 1. The molecule has 1 aromatic heterocycles. The fourth-order valence-corrected chi connectivity index (χ4v) is 3.13. The van der Waals surface area contributed by atoms with Gasteiger partial charge in [-0.1, -0.05) is 34.5 Å². The number of nitriles is 1. The monoisotopic (exact) mass is 316 g/mol. The average molecular weight is 317 g/mol. The number of halogens is 1. The van der Waals surface area contributed by atoms with E-state index in [1.165, 1.54) is 0 Å². The van der Waals surface area contributed by atoms with Crippen molar-refractivity contribution in [3.8, 4) is 6.07 Å². The molecule has 3 rings (SSSR count). The van der Waals surface area contributed by atoms with Gasteiger partial charge in [0.2, 0.25) is 0 Å². The zero-order valence-corrected chi connectivity index (χ0v) is 11.9. The maximum Gasteiger partial charge on any atom is 0.0997 e. The van der Waals surface area contributed by atoms with Crippen molar-refractivity contribution < 1.29 is 5.11 Å². The molecule has 0 amide bonds. The predicted molar refractivity (Wildman–Crippen MR) is 76.3 cm³/mol. The van der Waals surface area contributed by atoms with E-state index < -0.39 is 11.5 Å². The predicted octanol–water partition coefficient (Wildman–Crippen LogP) is 3.72. The van der Waals surface area contributed by atoms with E-state index in [0.29, 0.717) is 0 Å².